The van der Waals surface area contributed by atoms with Crippen molar-refractivity contribution in [1.29, 1.82) is 0 Å². The maximum Gasteiger partial charge on any atom is 0.123 e. The van der Waals surface area contributed by atoms with E-state index in [2.05, 4.69) is 53.0 Å². The predicted molar refractivity (Wildman–Crippen MR) is 102 cm³/mol. The zero-order chi connectivity index (χ0) is 14.9. The molecule has 0 radical (unpaired) electrons. The molecule has 1 aliphatic heterocycles. The molecule has 2 N–H and O–H groups in total. The highest BCUT2D eigenvalue weighted by molar-refractivity contribution is 9.10. The molecule has 0 unspecified atom stereocenters. The zero-order valence-corrected chi connectivity index (χ0v) is 16.9. The lowest BCUT2D eigenvalue weighted by molar-refractivity contribution is 0.0841. The number of aromatic hydroxyl groups is 1. The van der Waals surface area contributed by atoms with Crippen molar-refractivity contribution in [2.45, 2.75) is 33.7 Å². The van der Waals surface area contributed by atoms with Crippen LogP contribution in [-0.2, 0) is 0 Å². The number of nitrogens with zero attached hydrogens (tertiary/aromatic N) is 1. The number of nitrogens with one attached hydrogen (secondary N) is 1. The minimum Gasteiger partial charge on any atom is -0.507 e. The molecule has 22 heavy (non-hydrogen) atoms. The SMILES string of the molecule is Cc1cc(Br)cc([C@@H](N2CCNCC2)C(C)(C)C)c1O.Cl.Cl. The number of halogens is 3. The average Bonchev–Trinajstić information content (AvgIpc) is 2.35. The summed E-state index contributed by atoms with van der Waals surface area (Å²) in [5.74, 6) is 0.437. The summed E-state index contributed by atoms with van der Waals surface area (Å²) in [7, 11) is 0. The normalized spacial score (nSPS) is 17.3. The van der Waals surface area contributed by atoms with E-state index < -0.39 is 0 Å². The smallest absolute Gasteiger partial charge is 0.123 e. The van der Waals surface area contributed by atoms with Crippen LogP contribution in [-0.4, -0.2) is 36.2 Å². The summed E-state index contributed by atoms with van der Waals surface area (Å²) >= 11 is 3.56. The molecule has 6 heteroatoms. The minimum atomic E-state index is 0. The van der Waals surface area contributed by atoms with Crippen LogP contribution in [0.15, 0.2) is 16.6 Å². The van der Waals surface area contributed by atoms with Gasteiger partial charge in [0.25, 0.3) is 0 Å². The molecule has 0 saturated carbocycles. The topological polar surface area (TPSA) is 35.5 Å². The van der Waals surface area contributed by atoms with Gasteiger partial charge in [-0.25, -0.2) is 0 Å². The molecule has 0 bridgehead atoms. The van der Waals surface area contributed by atoms with Crippen LogP contribution in [0.5, 0.6) is 5.75 Å². The highest BCUT2D eigenvalue weighted by Gasteiger charge is 2.34. The van der Waals surface area contributed by atoms with Crippen molar-refractivity contribution < 1.29 is 5.11 Å². The number of phenols is 1. The van der Waals surface area contributed by atoms with Crippen LogP contribution in [0.2, 0.25) is 0 Å². The predicted octanol–water partition coefficient (Wildman–Crippen LogP) is 4.30. The van der Waals surface area contributed by atoms with Gasteiger partial charge >= 0.3 is 0 Å². The van der Waals surface area contributed by atoms with Crippen molar-refractivity contribution in [2.24, 2.45) is 5.41 Å². The van der Waals surface area contributed by atoms with Crippen LogP contribution in [0.4, 0.5) is 0 Å². The molecular formula is C16H27BrCl2N2O. The van der Waals surface area contributed by atoms with E-state index in [1.54, 1.807) is 0 Å². The Balaban J connectivity index is 0.00000220. The van der Waals surface area contributed by atoms with Crippen LogP contribution in [0, 0.1) is 12.3 Å². The summed E-state index contributed by atoms with van der Waals surface area (Å²) in [6.45, 7) is 12.8. The van der Waals surface area contributed by atoms with Crippen molar-refractivity contribution in [3.8, 4) is 5.75 Å². The van der Waals surface area contributed by atoms with E-state index in [1.165, 1.54) is 0 Å². The lowest BCUT2D eigenvalue weighted by atomic mass is 9.80. The lowest BCUT2D eigenvalue weighted by Gasteiger charge is -2.43. The quantitative estimate of drug-likeness (QED) is 0.758. The van der Waals surface area contributed by atoms with Gasteiger partial charge in [-0.05, 0) is 30.0 Å². The summed E-state index contributed by atoms with van der Waals surface area (Å²) in [6, 6.07) is 4.26. The first-order valence-corrected chi connectivity index (χ1v) is 8.04. The molecule has 128 valence electrons. The molecule has 0 amide bonds. The molecule has 1 fully saturated rings. The van der Waals surface area contributed by atoms with Gasteiger partial charge in [-0.1, -0.05) is 36.7 Å². The first-order chi connectivity index (χ1) is 9.30. The average molecular weight is 414 g/mol. The Hall–Kier alpha value is -0.000000000000000111. The van der Waals surface area contributed by atoms with E-state index in [0.717, 1.165) is 41.8 Å². The fourth-order valence-electron chi connectivity index (χ4n) is 3.12. The molecule has 0 aliphatic carbocycles. The molecule has 1 saturated heterocycles. The molecule has 1 aromatic rings. The van der Waals surface area contributed by atoms with Crippen LogP contribution < -0.4 is 5.32 Å². The molecule has 1 heterocycles. The van der Waals surface area contributed by atoms with Crippen LogP contribution in [0.1, 0.15) is 37.9 Å². The first kappa shape index (κ1) is 22.0. The first-order valence-electron chi connectivity index (χ1n) is 7.24. The number of phenolic OH excluding ortho intramolecular Hbond substituents is 1. The fraction of sp³-hybridized carbons (Fsp3) is 0.625. The fourth-order valence-corrected chi connectivity index (χ4v) is 3.71. The van der Waals surface area contributed by atoms with Gasteiger partial charge in [-0.2, -0.15) is 0 Å². The van der Waals surface area contributed by atoms with Gasteiger partial charge < -0.3 is 10.4 Å². The van der Waals surface area contributed by atoms with Crippen molar-refractivity contribution in [3.05, 3.63) is 27.7 Å². The van der Waals surface area contributed by atoms with Crippen molar-refractivity contribution >= 4 is 40.7 Å². The molecule has 0 aromatic heterocycles. The van der Waals surface area contributed by atoms with Gasteiger partial charge in [0.05, 0.1) is 0 Å². The molecule has 2 rings (SSSR count). The number of piperazine rings is 1. The standard InChI is InChI=1S/C16H25BrN2O.2ClH/c1-11-9-12(17)10-13(14(11)20)15(16(2,3)4)19-7-5-18-6-8-19;;/h9-10,15,18,20H,5-8H2,1-4H3;2*1H/t15-;;/m1../s1. The van der Waals surface area contributed by atoms with E-state index >= 15 is 0 Å². The maximum absolute atomic E-state index is 10.5. The summed E-state index contributed by atoms with van der Waals surface area (Å²) in [5.41, 5.74) is 2.03. The molecule has 0 spiro atoms. The Labute approximate surface area is 154 Å². The second kappa shape index (κ2) is 8.74. The Kier molecular flexibility index (Phi) is 8.74. The summed E-state index contributed by atoms with van der Waals surface area (Å²) in [5, 5.41) is 13.9. The minimum absolute atomic E-state index is 0. The third-order valence-electron chi connectivity index (χ3n) is 3.93. The van der Waals surface area contributed by atoms with Gasteiger partial charge in [0.15, 0.2) is 0 Å². The summed E-state index contributed by atoms with van der Waals surface area (Å²) < 4.78 is 1.03. The van der Waals surface area contributed by atoms with Gasteiger partial charge in [-0.3, -0.25) is 4.90 Å². The highest BCUT2D eigenvalue weighted by Crippen LogP contribution is 2.43. The second-order valence-corrected chi connectivity index (χ2v) is 7.63. The van der Waals surface area contributed by atoms with Crippen LogP contribution in [0.25, 0.3) is 0 Å². The maximum atomic E-state index is 10.5. The number of hydrogen-bond acceptors (Lipinski definition) is 3. The Morgan fingerprint density at radius 3 is 2.23 bits per heavy atom. The van der Waals surface area contributed by atoms with Crippen LogP contribution in [0.3, 0.4) is 0 Å². The third-order valence-corrected chi connectivity index (χ3v) is 4.38. The van der Waals surface area contributed by atoms with E-state index in [9.17, 15) is 5.11 Å². The summed E-state index contributed by atoms with van der Waals surface area (Å²) in [4.78, 5) is 2.48. The Morgan fingerprint density at radius 2 is 1.73 bits per heavy atom. The number of benzene rings is 1. The van der Waals surface area contributed by atoms with Gasteiger partial charge in [-0.15, -0.1) is 24.8 Å². The van der Waals surface area contributed by atoms with Crippen molar-refractivity contribution in [2.75, 3.05) is 26.2 Å². The van der Waals surface area contributed by atoms with Crippen LogP contribution >= 0.6 is 40.7 Å². The van der Waals surface area contributed by atoms with Gasteiger partial charge in [0.1, 0.15) is 5.75 Å². The van der Waals surface area contributed by atoms with Gasteiger partial charge in [0, 0.05) is 42.3 Å². The van der Waals surface area contributed by atoms with E-state index in [4.69, 9.17) is 0 Å². The molecule has 1 atom stereocenters. The molecular weight excluding hydrogens is 387 g/mol. The third kappa shape index (κ3) is 5.00. The number of aryl methyl sites for hydroxylation is 1. The van der Waals surface area contributed by atoms with E-state index in [1.807, 2.05) is 13.0 Å². The van der Waals surface area contributed by atoms with Crippen molar-refractivity contribution in [1.82, 2.24) is 10.2 Å². The zero-order valence-electron chi connectivity index (χ0n) is 13.6. The second-order valence-electron chi connectivity index (χ2n) is 6.72. The highest BCUT2D eigenvalue weighted by atomic mass is 79.9. The van der Waals surface area contributed by atoms with Crippen molar-refractivity contribution in [3.63, 3.8) is 0 Å². The summed E-state index contributed by atoms with van der Waals surface area (Å²) in [6.07, 6.45) is 0. The van der Waals surface area contributed by atoms with E-state index in [0.29, 0.717) is 5.75 Å². The molecule has 1 aliphatic rings. The number of hydrogen-bond donors (Lipinski definition) is 2. The largest absolute Gasteiger partial charge is 0.507 e. The monoisotopic (exact) mass is 412 g/mol. The Morgan fingerprint density at radius 1 is 1.18 bits per heavy atom. The number of rotatable bonds is 2. The Bertz CT molecular complexity index is 486. The van der Waals surface area contributed by atoms with Gasteiger partial charge in [0.2, 0.25) is 0 Å². The molecule has 1 aromatic carbocycles. The van der Waals surface area contributed by atoms with E-state index in [-0.39, 0.29) is 36.3 Å². The molecule has 3 nitrogen and oxygen atoms in total. The lowest BCUT2D eigenvalue weighted by Crippen LogP contribution is -2.48.